The largest absolute Gasteiger partial charge is 0.492 e. The topological polar surface area (TPSA) is 85.1 Å². The van der Waals surface area contributed by atoms with E-state index in [0.717, 1.165) is 43.0 Å². The molecule has 0 saturated carbocycles. The highest BCUT2D eigenvalue weighted by molar-refractivity contribution is 7.99. The Balaban J connectivity index is 1.42. The third-order valence-electron chi connectivity index (χ3n) is 4.73. The summed E-state index contributed by atoms with van der Waals surface area (Å²) < 4.78 is 7.45. The van der Waals surface area contributed by atoms with Crippen molar-refractivity contribution in [1.29, 1.82) is 0 Å². The maximum atomic E-state index is 5.84. The van der Waals surface area contributed by atoms with Crippen LogP contribution in [0.15, 0.2) is 35.7 Å². The van der Waals surface area contributed by atoms with Crippen LogP contribution in [0, 0.1) is 6.92 Å². The minimum absolute atomic E-state index is 0.478. The Morgan fingerprint density at radius 2 is 1.83 bits per heavy atom. The van der Waals surface area contributed by atoms with E-state index < -0.39 is 0 Å². The van der Waals surface area contributed by atoms with E-state index in [1.165, 1.54) is 0 Å². The van der Waals surface area contributed by atoms with Gasteiger partial charge in [0.05, 0.1) is 6.61 Å². The Kier molecular flexibility index (Phi) is 6.32. The zero-order valence-corrected chi connectivity index (χ0v) is 18.3. The van der Waals surface area contributed by atoms with E-state index in [1.54, 1.807) is 22.8 Å². The summed E-state index contributed by atoms with van der Waals surface area (Å²) in [7, 11) is 3.84. The molecule has 30 heavy (non-hydrogen) atoms. The molecule has 0 bridgehead atoms. The molecule has 2 aromatic heterocycles. The summed E-state index contributed by atoms with van der Waals surface area (Å²) in [4.78, 5) is 22.2. The average molecular weight is 427 g/mol. The van der Waals surface area contributed by atoms with Crippen LogP contribution in [-0.2, 0) is 0 Å². The fraction of sp³-hybridized carbons (Fsp3) is 0.450. The summed E-state index contributed by atoms with van der Waals surface area (Å²) in [6.07, 6.45) is 3.97. The standard InChI is InChI=1S/C20H26N8OS/c1-15-8-4-5-9-16(15)29-12-13-30-20-21-14-28(25-20)19-23-17(26(2)3)22-18(24-19)27-10-6-7-11-27/h4-5,8-9,14H,6-7,10-13H2,1-3H3. The number of rotatable bonds is 8. The zero-order chi connectivity index (χ0) is 20.9. The molecule has 0 aliphatic carbocycles. The summed E-state index contributed by atoms with van der Waals surface area (Å²) in [6, 6.07) is 8.00. The van der Waals surface area contributed by atoms with Gasteiger partial charge in [0.25, 0.3) is 5.95 Å². The van der Waals surface area contributed by atoms with Crippen LogP contribution in [0.5, 0.6) is 5.75 Å². The molecule has 158 valence electrons. The van der Waals surface area contributed by atoms with E-state index in [9.17, 15) is 0 Å². The van der Waals surface area contributed by atoms with Gasteiger partial charge in [-0.05, 0) is 31.4 Å². The van der Waals surface area contributed by atoms with E-state index in [1.807, 2.05) is 50.2 Å². The van der Waals surface area contributed by atoms with Crippen molar-refractivity contribution < 1.29 is 4.74 Å². The number of nitrogens with zero attached hydrogens (tertiary/aromatic N) is 8. The summed E-state index contributed by atoms with van der Waals surface area (Å²) in [5, 5.41) is 5.20. The van der Waals surface area contributed by atoms with Gasteiger partial charge in [-0.2, -0.15) is 19.6 Å². The number of aryl methyl sites for hydroxylation is 1. The normalized spacial score (nSPS) is 13.6. The van der Waals surface area contributed by atoms with Crippen molar-refractivity contribution in [2.75, 3.05) is 49.3 Å². The second-order valence-electron chi connectivity index (χ2n) is 7.26. The molecule has 1 aliphatic rings. The van der Waals surface area contributed by atoms with Crippen LogP contribution in [0.2, 0.25) is 0 Å². The van der Waals surface area contributed by atoms with Gasteiger partial charge in [-0.15, -0.1) is 5.10 Å². The molecule has 0 atom stereocenters. The summed E-state index contributed by atoms with van der Waals surface area (Å²) >= 11 is 1.54. The maximum absolute atomic E-state index is 5.84. The molecule has 0 radical (unpaired) electrons. The summed E-state index contributed by atoms with van der Waals surface area (Å²) in [5.74, 6) is 3.44. The Morgan fingerprint density at radius 1 is 1.07 bits per heavy atom. The van der Waals surface area contributed by atoms with E-state index in [4.69, 9.17) is 4.74 Å². The molecule has 0 unspecified atom stereocenters. The fourth-order valence-corrected chi connectivity index (χ4v) is 3.73. The van der Waals surface area contributed by atoms with E-state index in [2.05, 4.69) is 29.9 Å². The van der Waals surface area contributed by atoms with Crippen molar-refractivity contribution in [3.05, 3.63) is 36.2 Å². The number of benzene rings is 1. The lowest BCUT2D eigenvalue weighted by atomic mass is 10.2. The molecule has 10 heteroatoms. The molecule has 0 spiro atoms. The second-order valence-corrected chi connectivity index (χ2v) is 8.32. The Labute approximate surface area is 180 Å². The third-order valence-corrected chi connectivity index (χ3v) is 5.55. The monoisotopic (exact) mass is 426 g/mol. The van der Waals surface area contributed by atoms with Crippen molar-refractivity contribution in [3.63, 3.8) is 0 Å². The predicted molar refractivity (Wildman–Crippen MR) is 118 cm³/mol. The van der Waals surface area contributed by atoms with Crippen LogP contribution in [0.25, 0.3) is 5.95 Å². The molecule has 0 N–H and O–H groups in total. The first-order valence-electron chi connectivity index (χ1n) is 10.0. The molecule has 0 amide bonds. The first-order valence-corrected chi connectivity index (χ1v) is 11.0. The molecular formula is C20H26N8OS. The lowest BCUT2D eigenvalue weighted by Gasteiger charge is -2.18. The molecule has 9 nitrogen and oxygen atoms in total. The van der Waals surface area contributed by atoms with E-state index in [-0.39, 0.29) is 0 Å². The van der Waals surface area contributed by atoms with Gasteiger partial charge in [0, 0.05) is 32.9 Å². The van der Waals surface area contributed by atoms with Gasteiger partial charge in [0.2, 0.25) is 17.1 Å². The third kappa shape index (κ3) is 4.81. The van der Waals surface area contributed by atoms with E-state index in [0.29, 0.717) is 29.6 Å². The predicted octanol–water partition coefficient (Wildman–Crippen LogP) is 2.60. The van der Waals surface area contributed by atoms with Gasteiger partial charge in [-0.3, -0.25) is 0 Å². The number of thioether (sulfide) groups is 1. The maximum Gasteiger partial charge on any atom is 0.258 e. The summed E-state index contributed by atoms with van der Waals surface area (Å²) in [5.41, 5.74) is 1.13. The number of ether oxygens (including phenoxy) is 1. The highest BCUT2D eigenvalue weighted by Crippen LogP contribution is 2.21. The molecule has 3 heterocycles. The fourth-order valence-electron chi connectivity index (χ4n) is 3.12. The van der Waals surface area contributed by atoms with Gasteiger partial charge >= 0.3 is 0 Å². The SMILES string of the molecule is Cc1ccccc1OCCSc1ncn(-c2nc(N(C)C)nc(N3CCCC3)n2)n1. The van der Waals surface area contributed by atoms with Gasteiger partial charge < -0.3 is 14.5 Å². The Bertz CT molecular complexity index is 986. The van der Waals surface area contributed by atoms with Crippen molar-refractivity contribution >= 4 is 23.7 Å². The molecule has 1 fully saturated rings. The lowest BCUT2D eigenvalue weighted by Crippen LogP contribution is -2.24. The summed E-state index contributed by atoms with van der Waals surface area (Å²) in [6.45, 7) is 4.56. The van der Waals surface area contributed by atoms with Gasteiger partial charge in [0.1, 0.15) is 12.1 Å². The molecule has 1 aromatic carbocycles. The zero-order valence-electron chi connectivity index (χ0n) is 17.5. The smallest absolute Gasteiger partial charge is 0.258 e. The Hall–Kier alpha value is -2.88. The van der Waals surface area contributed by atoms with E-state index >= 15 is 0 Å². The van der Waals surface area contributed by atoms with Gasteiger partial charge in [0.15, 0.2) is 0 Å². The highest BCUT2D eigenvalue weighted by atomic mass is 32.2. The minimum Gasteiger partial charge on any atom is -0.492 e. The number of hydrogen-bond donors (Lipinski definition) is 0. The molecule has 1 aliphatic heterocycles. The number of hydrogen-bond acceptors (Lipinski definition) is 9. The molecule has 1 saturated heterocycles. The molecule has 3 aromatic rings. The van der Waals surface area contributed by atoms with Crippen LogP contribution in [0.4, 0.5) is 11.9 Å². The minimum atomic E-state index is 0.478. The quantitative estimate of drug-likeness (QED) is 0.398. The number of para-hydroxylation sites is 1. The van der Waals surface area contributed by atoms with Crippen molar-refractivity contribution in [3.8, 4) is 11.7 Å². The molecule has 4 rings (SSSR count). The van der Waals surface area contributed by atoms with Crippen LogP contribution < -0.4 is 14.5 Å². The van der Waals surface area contributed by atoms with Crippen LogP contribution in [0.3, 0.4) is 0 Å². The Morgan fingerprint density at radius 3 is 2.60 bits per heavy atom. The van der Waals surface area contributed by atoms with Crippen LogP contribution in [-0.4, -0.2) is 69.3 Å². The average Bonchev–Trinajstić information content (AvgIpc) is 3.44. The first kappa shape index (κ1) is 20.4. The van der Waals surface area contributed by atoms with Crippen LogP contribution >= 0.6 is 11.8 Å². The molecular weight excluding hydrogens is 400 g/mol. The first-order chi connectivity index (χ1) is 14.6. The van der Waals surface area contributed by atoms with Crippen molar-refractivity contribution in [1.82, 2.24) is 29.7 Å². The highest BCUT2D eigenvalue weighted by Gasteiger charge is 2.19. The van der Waals surface area contributed by atoms with Gasteiger partial charge in [-0.1, -0.05) is 30.0 Å². The van der Waals surface area contributed by atoms with Crippen LogP contribution in [0.1, 0.15) is 18.4 Å². The van der Waals surface area contributed by atoms with Crippen molar-refractivity contribution in [2.45, 2.75) is 24.9 Å². The number of anilines is 2. The number of aromatic nitrogens is 6. The van der Waals surface area contributed by atoms with Gasteiger partial charge in [-0.25, -0.2) is 4.98 Å². The lowest BCUT2D eigenvalue weighted by molar-refractivity contribution is 0.341. The second kappa shape index (κ2) is 9.29. The van der Waals surface area contributed by atoms with Crippen molar-refractivity contribution in [2.24, 2.45) is 0 Å².